The highest BCUT2D eigenvalue weighted by molar-refractivity contribution is 7.12. The topological polar surface area (TPSA) is 69.5 Å². The molecule has 134 valence electrons. The van der Waals surface area contributed by atoms with Crippen molar-refractivity contribution in [3.63, 3.8) is 0 Å². The van der Waals surface area contributed by atoms with E-state index in [-0.39, 0.29) is 12.0 Å². The lowest BCUT2D eigenvalue weighted by Gasteiger charge is -2.22. The van der Waals surface area contributed by atoms with Crippen LogP contribution in [0.2, 0.25) is 0 Å². The maximum absolute atomic E-state index is 12.7. The molecule has 0 N–H and O–H groups in total. The molecule has 4 rings (SSSR count). The van der Waals surface area contributed by atoms with E-state index in [9.17, 15) is 4.79 Å². The summed E-state index contributed by atoms with van der Waals surface area (Å²) in [7, 11) is 0. The predicted octanol–water partition coefficient (Wildman–Crippen LogP) is 2.91. The summed E-state index contributed by atoms with van der Waals surface area (Å²) in [5, 5.41) is 10.9. The van der Waals surface area contributed by atoms with Crippen LogP contribution in [0.5, 0.6) is 5.75 Å². The van der Waals surface area contributed by atoms with Gasteiger partial charge in [0.1, 0.15) is 17.1 Å². The Morgan fingerprint density at radius 1 is 1.31 bits per heavy atom. The average molecular weight is 368 g/mol. The van der Waals surface area contributed by atoms with Crippen LogP contribution in [0.4, 0.5) is 5.82 Å². The Balaban J connectivity index is 1.44. The minimum Gasteiger partial charge on any atom is -0.485 e. The van der Waals surface area contributed by atoms with Gasteiger partial charge >= 0.3 is 0 Å². The zero-order valence-corrected chi connectivity index (χ0v) is 15.2. The van der Waals surface area contributed by atoms with E-state index in [2.05, 4.69) is 16.0 Å². The lowest BCUT2D eigenvalue weighted by atomic mass is 10.2. The molecular formula is C19H20N4O2S. The third kappa shape index (κ3) is 3.25. The van der Waals surface area contributed by atoms with Crippen molar-refractivity contribution < 1.29 is 9.53 Å². The molecule has 2 aromatic heterocycles. The number of ether oxygens (including phenoxy) is 1. The van der Waals surface area contributed by atoms with E-state index in [1.165, 1.54) is 24.2 Å². The van der Waals surface area contributed by atoms with Gasteiger partial charge in [-0.25, -0.2) is 4.98 Å². The van der Waals surface area contributed by atoms with E-state index in [4.69, 9.17) is 10.00 Å². The van der Waals surface area contributed by atoms with Gasteiger partial charge in [-0.15, -0.1) is 11.3 Å². The van der Waals surface area contributed by atoms with Crippen LogP contribution in [0.1, 0.15) is 34.5 Å². The van der Waals surface area contributed by atoms with Crippen LogP contribution in [-0.4, -0.2) is 48.1 Å². The SMILES string of the molecule is N#Cc1ccsc1C(=O)N1CC[C@H](Oc2cccnc2N2CCCC2)C1. The molecule has 2 aliphatic heterocycles. The molecule has 2 fully saturated rings. The van der Waals surface area contributed by atoms with E-state index in [1.54, 1.807) is 22.5 Å². The van der Waals surface area contributed by atoms with Crippen LogP contribution in [0, 0.1) is 11.3 Å². The first kappa shape index (κ1) is 16.9. The van der Waals surface area contributed by atoms with Gasteiger partial charge in [-0.3, -0.25) is 4.79 Å². The van der Waals surface area contributed by atoms with Gasteiger partial charge in [-0.05, 0) is 36.4 Å². The number of nitriles is 1. The van der Waals surface area contributed by atoms with Gasteiger partial charge in [0.05, 0.1) is 12.1 Å². The first-order valence-electron chi connectivity index (χ1n) is 8.90. The number of thiophene rings is 1. The standard InChI is InChI=1S/C19H20N4O2S/c20-12-14-6-11-26-17(14)19(24)23-10-5-15(13-23)25-16-4-3-7-21-18(16)22-8-1-2-9-22/h3-4,6-7,11,15H,1-2,5,8-10,13H2/t15-/m0/s1. The fraction of sp³-hybridized carbons (Fsp3) is 0.421. The Morgan fingerprint density at radius 3 is 2.96 bits per heavy atom. The first-order chi connectivity index (χ1) is 12.8. The molecule has 26 heavy (non-hydrogen) atoms. The van der Waals surface area contributed by atoms with Crippen molar-refractivity contribution >= 4 is 23.1 Å². The van der Waals surface area contributed by atoms with Gasteiger partial charge in [-0.1, -0.05) is 0 Å². The predicted molar refractivity (Wildman–Crippen MR) is 99.7 cm³/mol. The number of anilines is 1. The number of carbonyl (C=O) groups is 1. The third-order valence-corrected chi connectivity index (χ3v) is 5.76. The van der Waals surface area contributed by atoms with E-state index in [1.807, 2.05) is 12.1 Å². The van der Waals surface area contributed by atoms with Crippen molar-refractivity contribution in [3.8, 4) is 11.8 Å². The molecule has 0 radical (unpaired) electrons. The second-order valence-electron chi connectivity index (χ2n) is 6.57. The molecule has 2 saturated heterocycles. The fourth-order valence-electron chi connectivity index (χ4n) is 3.54. The summed E-state index contributed by atoms with van der Waals surface area (Å²) in [5.74, 6) is 1.62. The lowest BCUT2D eigenvalue weighted by Crippen LogP contribution is -2.31. The average Bonchev–Trinajstić information content (AvgIpc) is 3.42. The van der Waals surface area contributed by atoms with Crippen molar-refractivity contribution in [1.82, 2.24) is 9.88 Å². The third-order valence-electron chi connectivity index (χ3n) is 4.86. The van der Waals surface area contributed by atoms with Gasteiger partial charge in [0.25, 0.3) is 5.91 Å². The molecule has 1 atom stereocenters. The molecule has 0 aliphatic carbocycles. The first-order valence-corrected chi connectivity index (χ1v) is 9.77. The number of carbonyl (C=O) groups excluding carboxylic acids is 1. The number of likely N-dealkylation sites (tertiary alicyclic amines) is 1. The normalized spacial score (nSPS) is 19.6. The largest absolute Gasteiger partial charge is 0.485 e. The van der Waals surface area contributed by atoms with Crippen molar-refractivity contribution in [3.05, 3.63) is 40.2 Å². The summed E-state index contributed by atoms with van der Waals surface area (Å²) < 4.78 is 6.21. The van der Waals surface area contributed by atoms with Gasteiger partial charge in [0.15, 0.2) is 11.6 Å². The van der Waals surface area contributed by atoms with Crippen LogP contribution < -0.4 is 9.64 Å². The summed E-state index contributed by atoms with van der Waals surface area (Å²) in [6.45, 7) is 3.21. The van der Waals surface area contributed by atoms with Crippen LogP contribution >= 0.6 is 11.3 Å². The molecule has 0 saturated carbocycles. The second kappa shape index (κ2) is 7.34. The van der Waals surface area contributed by atoms with E-state index < -0.39 is 0 Å². The Labute approximate surface area is 156 Å². The number of amides is 1. The van der Waals surface area contributed by atoms with Gasteiger partial charge in [-0.2, -0.15) is 5.26 Å². The smallest absolute Gasteiger partial charge is 0.265 e. The molecule has 0 unspecified atom stereocenters. The fourth-order valence-corrected chi connectivity index (χ4v) is 4.35. The van der Waals surface area contributed by atoms with Crippen LogP contribution in [0.25, 0.3) is 0 Å². The minimum atomic E-state index is -0.0754. The summed E-state index contributed by atoms with van der Waals surface area (Å²) in [5.41, 5.74) is 0.452. The van der Waals surface area contributed by atoms with Crippen molar-refractivity contribution in [2.75, 3.05) is 31.1 Å². The van der Waals surface area contributed by atoms with Crippen molar-refractivity contribution in [1.29, 1.82) is 5.26 Å². The molecule has 0 spiro atoms. The summed E-state index contributed by atoms with van der Waals surface area (Å²) in [4.78, 5) is 21.7. The maximum atomic E-state index is 12.7. The second-order valence-corrected chi connectivity index (χ2v) is 7.49. The van der Waals surface area contributed by atoms with Crippen LogP contribution in [0.15, 0.2) is 29.8 Å². The van der Waals surface area contributed by atoms with Gasteiger partial charge < -0.3 is 14.5 Å². The Hall–Kier alpha value is -2.59. The molecule has 4 heterocycles. The lowest BCUT2D eigenvalue weighted by molar-refractivity contribution is 0.0777. The van der Waals surface area contributed by atoms with Crippen LogP contribution in [0.3, 0.4) is 0 Å². The summed E-state index contributed by atoms with van der Waals surface area (Å²) >= 11 is 1.32. The molecular weight excluding hydrogens is 348 g/mol. The Bertz CT molecular complexity index is 838. The van der Waals surface area contributed by atoms with Crippen LogP contribution in [-0.2, 0) is 0 Å². The highest BCUT2D eigenvalue weighted by Crippen LogP contribution is 2.31. The van der Waals surface area contributed by atoms with E-state index >= 15 is 0 Å². The molecule has 6 nitrogen and oxygen atoms in total. The molecule has 0 aromatic carbocycles. The number of aromatic nitrogens is 1. The Morgan fingerprint density at radius 2 is 2.15 bits per heavy atom. The summed E-state index contributed by atoms with van der Waals surface area (Å²) in [6.07, 6.45) is 4.90. The number of pyridine rings is 1. The van der Waals surface area contributed by atoms with E-state index in [0.29, 0.717) is 23.5 Å². The zero-order chi connectivity index (χ0) is 17.9. The van der Waals surface area contributed by atoms with E-state index in [0.717, 1.165) is 31.1 Å². The maximum Gasteiger partial charge on any atom is 0.265 e. The number of hydrogen-bond donors (Lipinski definition) is 0. The number of nitrogens with zero attached hydrogens (tertiary/aromatic N) is 4. The highest BCUT2D eigenvalue weighted by Gasteiger charge is 2.31. The molecule has 7 heteroatoms. The van der Waals surface area contributed by atoms with Crippen molar-refractivity contribution in [2.45, 2.75) is 25.4 Å². The van der Waals surface area contributed by atoms with Gasteiger partial charge in [0, 0.05) is 32.3 Å². The number of rotatable bonds is 4. The van der Waals surface area contributed by atoms with Crippen molar-refractivity contribution in [2.24, 2.45) is 0 Å². The summed E-state index contributed by atoms with van der Waals surface area (Å²) in [6, 6.07) is 7.63. The molecule has 2 aliphatic rings. The quantitative estimate of drug-likeness (QED) is 0.830. The molecule has 2 aromatic rings. The number of hydrogen-bond acceptors (Lipinski definition) is 6. The van der Waals surface area contributed by atoms with Gasteiger partial charge in [0.2, 0.25) is 0 Å². The molecule has 1 amide bonds. The minimum absolute atomic E-state index is 0.0463. The molecule has 0 bridgehead atoms. The highest BCUT2D eigenvalue weighted by atomic mass is 32.1. The Kier molecular flexibility index (Phi) is 4.76. The monoisotopic (exact) mass is 368 g/mol. The zero-order valence-electron chi connectivity index (χ0n) is 14.4.